The molecular formula is C10H13N5O2. The molecule has 0 bridgehead atoms. The van der Waals surface area contributed by atoms with Gasteiger partial charge in [-0.2, -0.15) is 4.98 Å². The standard InChI is InChI=1S/C10H13N5O2/c1-15-6-11-4-8(15)10-13-9(14-17-10)7-5-16-3-2-12-7/h4,6-7,12H,2-3,5H2,1H3. The fourth-order valence-electron chi connectivity index (χ4n) is 1.77. The summed E-state index contributed by atoms with van der Waals surface area (Å²) < 4.78 is 12.4. The van der Waals surface area contributed by atoms with E-state index in [1.54, 1.807) is 12.5 Å². The predicted molar refractivity (Wildman–Crippen MR) is 58.1 cm³/mol. The van der Waals surface area contributed by atoms with Crippen molar-refractivity contribution in [3.05, 3.63) is 18.3 Å². The minimum absolute atomic E-state index is 0.00878. The highest BCUT2D eigenvalue weighted by Gasteiger charge is 2.22. The third kappa shape index (κ3) is 1.94. The lowest BCUT2D eigenvalue weighted by molar-refractivity contribution is 0.0734. The van der Waals surface area contributed by atoms with Crippen LogP contribution >= 0.6 is 0 Å². The maximum atomic E-state index is 5.36. The van der Waals surface area contributed by atoms with Crippen molar-refractivity contribution in [1.82, 2.24) is 25.0 Å². The van der Waals surface area contributed by atoms with Gasteiger partial charge in [-0.25, -0.2) is 4.98 Å². The first-order valence-electron chi connectivity index (χ1n) is 5.46. The Balaban J connectivity index is 1.85. The number of rotatable bonds is 2. The van der Waals surface area contributed by atoms with E-state index in [4.69, 9.17) is 9.26 Å². The van der Waals surface area contributed by atoms with E-state index in [9.17, 15) is 0 Å². The van der Waals surface area contributed by atoms with Gasteiger partial charge in [0.05, 0.1) is 31.8 Å². The van der Waals surface area contributed by atoms with Gasteiger partial charge in [0.15, 0.2) is 5.82 Å². The van der Waals surface area contributed by atoms with Crippen molar-refractivity contribution in [1.29, 1.82) is 0 Å². The van der Waals surface area contributed by atoms with Crippen LogP contribution in [0.15, 0.2) is 17.0 Å². The molecule has 0 spiro atoms. The number of imidazole rings is 1. The number of hydrogen-bond acceptors (Lipinski definition) is 6. The van der Waals surface area contributed by atoms with Gasteiger partial charge in [-0.15, -0.1) is 0 Å². The van der Waals surface area contributed by atoms with Gasteiger partial charge in [0, 0.05) is 13.6 Å². The van der Waals surface area contributed by atoms with Gasteiger partial charge < -0.3 is 19.1 Å². The highest BCUT2D eigenvalue weighted by Crippen LogP contribution is 2.19. The molecule has 1 saturated heterocycles. The largest absolute Gasteiger partial charge is 0.378 e. The van der Waals surface area contributed by atoms with Crippen LogP contribution in [0.4, 0.5) is 0 Å². The van der Waals surface area contributed by atoms with Gasteiger partial charge in [0.2, 0.25) is 0 Å². The van der Waals surface area contributed by atoms with Crippen LogP contribution in [0.3, 0.4) is 0 Å². The summed E-state index contributed by atoms with van der Waals surface area (Å²) in [6, 6.07) is 0.00878. The van der Waals surface area contributed by atoms with E-state index in [0.29, 0.717) is 18.3 Å². The molecule has 7 nitrogen and oxygen atoms in total. The van der Waals surface area contributed by atoms with Crippen molar-refractivity contribution in [3.63, 3.8) is 0 Å². The van der Waals surface area contributed by atoms with Crippen LogP contribution in [0.25, 0.3) is 11.6 Å². The summed E-state index contributed by atoms with van der Waals surface area (Å²) in [6.45, 7) is 2.10. The topological polar surface area (TPSA) is 78.0 Å². The van der Waals surface area contributed by atoms with E-state index < -0.39 is 0 Å². The number of ether oxygens (including phenoxy) is 1. The number of nitrogens with zero attached hydrogens (tertiary/aromatic N) is 4. The zero-order valence-electron chi connectivity index (χ0n) is 9.46. The maximum absolute atomic E-state index is 5.36. The number of nitrogens with one attached hydrogen (secondary N) is 1. The molecule has 3 heterocycles. The lowest BCUT2D eigenvalue weighted by Gasteiger charge is -2.20. The normalized spacial score (nSPS) is 20.6. The maximum Gasteiger partial charge on any atom is 0.276 e. The predicted octanol–water partition coefficient (Wildman–Crippen LogP) is 0.131. The molecule has 90 valence electrons. The minimum atomic E-state index is 0.00878. The average molecular weight is 235 g/mol. The molecular weight excluding hydrogens is 222 g/mol. The second-order valence-electron chi connectivity index (χ2n) is 3.93. The van der Waals surface area contributed by atoms with Gasteiger partial charge in [-0.1, -0.05) is 5.16 Å². The number of aryl methyl sites for hydroxylation is 1. The molecule has 2 aromatic heterocycles. The molecule has 0 amide bonds. The molecule has 7 heteroatoms. The van der Waals surface area contributed by atoms with Crippen LogP contribution in [0.5, 0.6) is 0 Å². The molecule has 1 unspecified atom stereocenters. The van der Waals surface area contributed by atoms with Crippen LogP contribution in [-0.2, 0) is 11.8 Å². The fourth-order valence-corrected chi connectivity index (χ4v) is 1.77. The van der Waals surface area contributed by atoms with Gasteiger partial charge in [0.25, 0.3) is 5.89 Å². The summed E-state index contributed by atoms with van der Waals surface area (Å²) in [4.78, 5) is 8.37. The van der Waals surface area contributed by atoms with Gasteiger partial charge in [-0.05, 0) is 0 Å². The first kappa shape index (κ1) is 10.4. The van der Waals surface area contributed by atoms with E-state index in [0.717, 1.165) is 18.8 Å². The number of aromatic nitrogens is 4. The molecule has 1 aliphatic rings. The SMILES string of the molecule is Cn1cncc1-c1nc(C2COCCN2)no1. The molecule has 1 N–H and O–H groups in total. The summed E-state index contributed by atoms with van der Waals surface area (Å²) in [7, 11) is 1.88. The molecule has 1 fully saturated rings. The second kappa shape index (κ2) is 4.27. The first-order valence-corrected chi connectivity index (χ1v) is 5.46. The Labute approximate surface area is 97.8 Å². The van der Waals surface area contributed by atoms with Crippen molar-refractivity contribution in [3.8, 4) is 11.6 Å². The smallest absolute Gasteiger partial charge is 0.276 e. The average Bonchev–Trinajstić information content (AvgIpc) is 2.98. The van der Waals surface area contributed by atoms with Crippen molar-refractivity contribution < 1.29 is 9.26 Å². The Bertz CT molecular complexity index is 500. The molecule has 0 saturated carbocycles. The summed E-state index contributed by atoms with van der Waals surface area (Å²) in [5.41, 5.74) is 0.806. The summed E-state index contributed by atoms with van der Waals surface area (Å²) in [5.74, 6) is 1.10. The highest BCUT2D eigenvalue weighted by molar-refractivity contribution is 5.45. The lowest BCUT2D eigenvalue weighted by atomic mass is 10.2. The monoisotopic (exact) mass is 235 g/mol. The summed E-state index contributed by atoms with van der Waals surface area (Å²) in [6.07, 6.45) is 3.39. The van der Waals surface area contributed by atoms with Crippen molar-refractivity contribution in [2.45, 2.75) is 6.04 Å². The van der Waals surface area contributed by atoms with E-state index >= 15 is 0 Å². The highest BCUT2D eigenvalue weighted by atomic mass is 16.5. The summed E-state index contributed by atoms with van der Waals surface area (Å²) >= 11 is 0. The Morgan fingerprint density at radius 1 is 1.53 bits per heavy atom. The fraction of sp³-hybridized carbons (Fsp3) is 0.500. The number of morpholine rings is 1. The van der Waals surface area contributed by atoms with Crippen molar-refractivity contribution in [2.24, 2.45) is 7.05 Å². The molecule has 0 aliphatic carbocycles. The van der Waals surface area contributed by atoms with E-state index in [1.165, 1.54) is 0 Å². The first-order chi connectivity index (χ1) is 8.34. The Kier molecular flexibility index (Phi) is 2.62. The molecule has 1 aliphatic heterocycles. The van der Waals surface area contributed by atoms with E-state index in [1.807, 2.05) is 11.6 Å². The van der Waals surface area contributed by atoms with Crippen LogP contribution in [0.2, 0.25) is 0 Å². The summed E-state index contributed by atoms with van der Waals surface area (Å²) in [5, 5.41) is 7.24. The lowest BCUT2D eigenvalue weighted by Crippen LogP contribution is -2.35. The number of hydrogen-bond donors (Lipinski definition) is 1. The molecule has 2 aromatic rings. The Morgan fingerprint density at radius 2 is 2.47 bits per heavy atom. The molecule has 0 aromatic carbocycles. The van der Waals surface area contributed by atoms with Crippen LogP contribution in [0.1, 0.15) is 11.9 Å². The third-order valence-corrected chi connectivity index (χ3v) is 2.71. The minimum Gasteiger partial charge on any atom is -0.378 e. The van der Waals surface area contributed by atoms with Gasteiger partial charge in [-0.3, -0.25) is 0 Å². The molecule has 17 heavy (non-hydrogen) atoms. The van der Waals surface area contributed by atoms with Crippen LogP contribution in [0, 0.1) is 0 Å². The molecule has 3 rings (SSSR count). The Morgan fingerprint density at radius 3 is 3.18 bits per heavy atom. The van der Waals surface area contributed by atoms with Crippen molar-refractivity contribution in [2.75, 3.05) is 19.8 Å². The van der Waals surface area contributed by atoms with E-state index in [-0.39, 0.29) is 6.04 Å². The van der Waals surface area contributed by atoms with E-state index in [2.05, 4.69) is 20.4 Å². The van der Waals surface area contributed by atoms with Gasteiger partial charge in [0.1, 0.15) is 5.69 Å². The third-order valence-electron chi connectivity index (χ3n) is 2.71. The Hall–Kier alpha value is -1.73. The van der Waals surface area contributed by atoms with Crippen molar-refractivity contribution >= 4 is 0 Å². The molecule has 1 atom stereocenters. The zero-order valence-corrected chi connectivity index (χ0v) is 9.46. The quantitative estimate of drug-likeness (QED) is 0.797. The van der Waals surface area contributed by atoms with Gasteiger partial charge >= 0.3 is 0 Å². The van der Waals surface area contributed by atoms with Crippen LogP contribution < -0.4 is 5.32 Å². The second-order valence-corrected chi connectivity index (χ2v) is 3.93. The molecule has 0 radical (unpaired) electrons. The van der Waals surface area contributed by atoms with Crippen LogP contribution in [-0.4, -0.2) is 39.5 Å². The zero-order chi connectivity index (χ0) is 11.7.